The smallest absolute Gasteiger partial charge is 0.253 e. The first-order valence-corrected chi connectivity index (χ1v) is 8.41. The lowest BCUT2D eigenvalue weighted by molar-refractivity contribution is 0.464. The van der Waals surface area contributed by atoms with Crippen molar-refractivity contribution in [2.24, 2.45) is 0 Å². The van der Waals surface area contributed by atoms with Crippen LogP contribution in [0, 0.1) is 17.6 Å². The summed E-state index contributed by atoms with van der Waals surface area (Å²) in [6, 6.07) is 0. The Labute approximate surface area is 121 Å². The van der Waals surface area contributed by atoms with E-state index in [0.717, 1.165) is 0 Å². The summed E-state index contributed by atoms with van der Waals surface area (Å²) in [7, 11) is -3.20. The van der Waals surface area contributed by atoms with Crippen LogP contribution in [0.4, 0.5) is 24.7 Å². The summed E-state index contributed by atoms with van der Waals surface area (Å²) in [6.45, 7) is 2.05. The second-order valence-electron chi connectivity index (χ2n) is 4.79. The second-order valence-corrected chi connectivity index (χ2v) is 7.10. The van der Waals surface area contributed by atoms with E-state index >= 15 is 0 Å². The van der Waals surface area contributed by atoms with Crippen LogP contribution in [0.5, 0.6) is 0 Å². The summed E-state index contributed by atoms with van der Waals surface area (Å²) in [5.74, 6) is -4.59. The van der Waals surface area contributed by atoms with E-state index in [2.05, 4.69) is 10.3 Å². The molecule has 0 atom stereocenters. The van der Waals surface area contributed by atoms with Crippen molar-refractivity contribution in [3.63, 3.8) is 0 Å². The first kappa shape index (κ1) is 15.9. The van der Waals surface area contributed by atoms with Crippen LogP contribution in [0.1, 0.15) is 13.3 Å². The number of halogens is 3. The molecular weight excluding hydrogens is 307 g/mol. The van der Waals surface area contributed by atoms with Crippen molar-refractivity contribution >= 4 is 21.3 Å². The second kappa shape index (κ2) is 6.08. The number of aromatic nitrogens is 1. The fraction of sp³-hybridized carbons (Fsp3) is 0.583. The summed E-state index contributed by atoms with van der Waals surface area (Å²) in [6.07, 6.45) is 0.664. The van der Waals surface area contributed by atoms with Crippen molar-refractivity contribution in [1.82, 2.24) is 4.98 Å². The van der Waals surface area contributed by atoms with Gasteiger partial charge < -0.3 is 10.2 Å². The minimum atomic E-state index is -3.20. The molecule has 1 N–H and O–H groups in total. The van der Waals surface area contributed by atoms with Crippen LogP contribution in [-0.2, 0) is 9.84 Å². The van der Waals surface area contributed by atoms with Gasteiger partial charge in [-0.25, -0.2) is 12.8 Å². The zero-order valence-electron chi connectivity index (χ0n) is 11.5. The van der Waals surface area contributed by atoms with Gasteiger partial charge in [-0.2, -0.15) is 13.8 Å². The average molecular weight is 323 g/mol. The van der Waals surface area contributed by atoms with Gasteiger partial charge in [-0.1, -0.05) is 6.92 Å². The van der Waals surface area contributed by atoms with Gasteiger partial charge in [0.1, 0.15) is 5.69 Å². The number of rotatable bonds is 4. The minimum Gasteiger partial charge on any atom is -0.367 e. The molecule has 1 aliphatic rings. The van der Waals surface area contributed by atoms with Crippen LogP contribution < -0.4 is 10.2 Å². The summed E-state index contributed by atoms with van der Waals surface area (Å²) in [4.78, 5) is 4.42. The normalized spacial score (nSPS) is 17.8. The predicted octanol–water partition coefficient (Wildman–Crippen LogP) is 1.56. The molecular formula is C12H16F3N3O2S. The SMILES string of the molecule is CCCNc1nc(F)c(F)c(N2CCS(=O)(=O)CC2)c1F. The molecule has 0 radical (unpaired) electrons. The van der Waals surface area contributed by atoms with Crippen molar-refractivity contribution in [2.75, 3.05) is 41.4 Å². The monoisotopic (exact) mass is 323 g/mol. The van der Waals surface area contributed by atoms with E-state index in [4.69, 9.17) is 0 Å². The standard InChI is InChI=1S/C12H16F3N3O2S/c1-2-3-16-12-9(14)10(8(13)11(15)17-12)18-4-6-21(19,20)7-5-18/h2-7H2,1H3,(H,16,17). The lowest BCUT2D eigenvalue weighted by Gasteiger charge is -2.29. The molecule has 0 bridgehead atoms. The molecule has 2 heterocycles. The van der Waals surface area contributed by atoms with E-state index in [1.165, 1.54) is 4.90 Å². The van der Waals surface area contributed by atoms with Gasteiger partial charge in [0.15, 0.2) is 21.5 Å². The third kappa shape index (κ3) is 3.39. The Hall–Kier alpha value is -1.51. The highest BCUT2D eigenvalue weighted by molar-refractivity contribution is 7.91. The van der Waals surface area contributed by atoms with Crippen molar-refractivity contribution in [3.05, 3.63) is 17.6 Å². The highest BCUT2D eigenvalue weighted by Gasteiger charge is 2.29. The molecule has 0 aliphatic carbocycles. The fourth-order valence-electron chi connectivity index (χ4n) is 2.08. The Bertz CT molecular complexity index is 623. The quantitative estimate of drug-likeness (QED) is 0.852. The van der Waals surface area contributed by atoms with Gasteiger partial charge in [-0.15, -0.1) is 0 Å². The lowest BCUT2D eigenvalue weighted by atomic mass is 10.3. The molecule has 1 fully saturated rings. The molecule has 9 heteroatoms. The van der Waals surface area contributed by atoms with Crippen LogP contribution in [-0.4, -0.2) is 44.5 Å². The maximum absolute atomic E-state index is 14.3. The molecule has 5 nitrogen and oxygen atoms in total. The Morgan fingerprint density at radius 1 is 1.19 bits per heavy atom. The minimum absolute atomic E-state index is 0.0765. The van der Waals surface area contributed by atoms with E-state index < -0.39 is 33.1 Å². The summed E-state index contributed by atoms with van der Waals surface area (Å²) >= 11 is 0. The fourth-order valence-corrected chi connectivity index (χ4v) is 3.28. The van der Waals surface area contributed by atoms with Gasteiger partial charge in [0, 0.05) is 19.6 Å². The van der Waals surface area contributed by atoms with Crippen molar-refractivity contribution in [1.29, 1.82) is 0 Å². The van der Waals surface area contributed by atoms with Crippen LogP contribution >= 0.6 is 0 Å². The van der Waals surface area contributed by atoms with E-state index in [-0.39, 0.29) is 30.4 Å². The zero-order chi connectivity index (χ0) is 15.6. The average Bonchev–Trinajstić information content (AvgIpc) is 2.43. The zero-order valence-corrected chi connectivity index (χ0v) is 12.3. The summed E-state index contributed by atoms with van der Waals surface area (Å²) in [5.41, 5.74) is -0.559. The van der Waals surface area contributed by atoms with Crippen LogP contribution in [0.2, 0.25) is 0 Å². The van der Waals surface area contributed by atoms with Crippen molar-refractivity contribution < 1.29 is 21.6 Å². The van der Waals surface area contributed by atoms with E-state index in [0.29, 0.717) is 13.0 Å². The van der Waals surface area contributed by atoms with E-state index in [9.17, 15) is 21.6 Å². The number of nitrogens with zero attached hydrogens (tertiary/aromatic N) is 2. The molecule has 0 amide bonds. The Morgan fingerprint density at radius 3 is 2.38 bits per heavy atom. The van der Waals surface area contributed by atoms with E-state index in [1.807, 2.05) is 6.92 Å². The van der Waals surface area contributed by atoms with Crippen molar-refractivity contribution in [2.45, 2.75) is 13.3 Å². The van der Waals surface area contributed by atoms with Gasteiger partial charge in [0.2, 0.25) is 5.82 Å². The summed E-state index contributed by atoms with van der Waals surface area (Å²) < 4.78 is 64.4. The van der Waals surface area contributed by atoms with Crippen LogP contribution in [0.25, 0.3) is 0 Å². The highest BCUT2D eigenvalue weighted by Crippen LogP contribution is 2.30. The predicted molar refractivity (Wildman–Crippen MR) is 73.8 cm³/mol. The molecule has 118 valence electrons. The molecule has 21 heavy (non-hydrogen) atoms. The molecule has 1 saturated heterocycles. The topological polar surface area (TPSA) is 62.3 Å². The Balaban J connectivity index is 2.36. The first-order valence-electron chi connectivity index (χ1n) is 6.59. The first-order chi connectivity index (χ1) is 9.85. The molecule has 1 aromatic heterocycles. The number of pyridine rings is 1. The molecule has 1 aromatic rings. The molecule has 0 aromatic carbocycles. The highest BCUT2D eigenvalue weighted by atomic mass is 32.2. The third-order valence-corrected chi connectivity index (χ3v) is 4.83. The number of hydrogen-bond acceptors (Lipinski definition) is 5. The number of nitrogens with one attached hydrogen (secondary N) is 1. The van der Waals surface area contributed by atoms with Crippen molar-refractivity contribution in [3.8, 4) is 0 Å². The maximum atomic E-state index is 14.3. The van der Waals surface area contributed by atoms with Crippen LogP contribution in [0.3, 0.4) is 0 Å². The van der Waals surface area contributed by atoms with Gasteiger partial charge in [0.25, 0.3) is 5.95 Å². The van der Waals surface area contributed by atoms with Gasteiger partial charge in [-0.05, 0) is 6.42 Å². The van der Waals surface area contributed by atoms with Gasteiger partial charge in [-0.3, -0.25) is 0 Å². The molecule has 1 aliphatic heterocycles. The van der Waals surface area contributed by atoms with Crippen LogP contribution in [0.15, 0.2) is 0 Å². The summed E-state index contributed by atoms with van der Waals surface area (Å²) in [5, 5.41) is 2.59. The Kier molecular flexibility index (Phi) is 4.60. The number of anilines is 2. The molecule has 2 rings (SSSR count). The maximum Gasteiger partial charge on any atom is 0.253 e. The number of hydrogen-bond donors (Lipinski definition) is 1. The van der Waals surface area contributed by atoms with E-state index in [1.54, 1.807) is 0 Å². The molecule has 0 unspecified atom stereocenters. The third-order valence-electron chi connectivity index (χ3n) is 3.22. The van der Waals surface area contributed by atoms with Gasteiger partial charge >= 0.3 is 0 Å². The number of sulfone groups is 1. The van der Waals surface area contributed by atoms with Gasteiger partial charge in [0.05, 0.1) is 11.5 Å². The Morgan fingerprint density at radius 2 is 1.81 bits per heavy atom. The largest absolute Gasteiger partial charge is 0.367 e. The molecule has 0 spiro atoms. The molecule has 0 saturated carbocycles. The lowest BCUT2D eigenvalue weighted by Crippen LogP contribution is -2.41.